The summed E-state index contributed by atoms with van der Waals surface area (Å²) in [6.07, 6.45) is 0. The van der Waals surface area contributed by atoms with Gasteiger partial charge in [0.05, 0.1) is 18.0 Å². The van der Waals surface area contributed by atoms with Gasteiger partial charge in [0, 0.05) is 16.8 Å². The molecule has 4 rings (SSSR count). The number of carbonyl (C=O) groups is 2. The lowest BCUT2D eigenvalue weighted by Gasteiger charge is -2.11. The number of benzene rings is 3. The molecule has 0 aliphatic rings. The van der Waals surface area contributed by atoms with E-state index in [2.05, 4.69) is 20.8 Å². The third-order valence-corrected chi connectivity index (χ3v) is 5.85. The monoisotopic (exact) mass is 492 g/mol. The maximum atomic E-state index is 13.1. The van der Waals surface area contributed by atoms with E-state index in [4.69, 9.17) is 9.15 Å². The Hall–Kier alpha value is -4.18. The molecule has 35 heavy (non-hydrogen) atoms. The van der Waals surface area contributed by atoms with Gasteiger partial charge in [0.15, 0.2) is 0 Å². The Balaban J connectivity index is 1.33. The highest BCUT2D eigenvalue weighted by atomic mass is 32.2. The quantitative estimate of drug-likeness (QED) is 0.323. The lowest BCUT2D eigenvalue weighted by Crippen LogP contribution is -2.22. The van der Waals surface area contributed by atoms with Crippen LogP contribution in [0.4, 0.5) is 15.8 Å². The van der Waals surface area contributed by atoms with E-state index in [1.54, 1.807) is 49.4 Å². The minimum atomic E-state index is -0.537. The Morgan fingerprint density at radius 2 is 1.69 bits per heavy atom. The van der Waals surface area contributed by atoms with Crippen molar-refractivity contribution < 1.29 is 23.1 Å². The maximum absolute atomic E-state index is 13.1. The van der Waals surface area contributed by atoms with Gasteiger partial charge in [0.2, 0.25) is 11.8 Å². The molecular weight excluding hydrogens is 471 g/mol. The van der Waals surface area contributed by atoms with Crippen molar-refractivity contribution in [2.24, 2.45) is 0 Å². The zero-order chi connectivity index (χ0) is 24.8. The van der Waals surface area contributed by atoms with Gasteiger partial charge in [-0.1, -0.05) is 23.9 Å². The van der Waals surface area contributed by atoms with Crippen molar-refractivity contribution in [3.8, 4) is 17.2 Å². The van der Waals surface area contributed by atoms with Gasteiger partial charge >= 0.3 is 0 Å². The molecule has 2 amide bonds. The number of thioether (sulfide) groups is 1. The molecule has 0 aliphatic heterocycles. The lowest BCUT2D eigenvalue weighted by atomic mass is 10.2. The molecule has 2 N–H and O–H groups in total. The van der Waals surface area contributed by atoms with Crippen LogP contribution in [0.2, 0.25) is 0 Å². The number of para-hydroxylation sites is 2. The van der Waals surface area contributed by atoms with Crippen LogP contribution in [0.1, 0.15) is 17.3 Å². The second-order valence-corrected chi connectivity index (χ2v) is 8.65. The summed E-state index contributed by atoms with van der Waals surface area (Å²) in [6, 6.07) is 19.3. The largest absolute Gasteiger partial charge is 0.495 e. The molecule has 0 aliphatic carbocycles. The summed E-state index contributed by atoms with van der Waals surface area (Å²) in [6.45, 7) is 1.71. The van der Waals surface area contributed by atoms with Crippen LogP contribution in [0, 0.1) is 5.82 Å². The maximum Gasteiger partial charge on any atom is 0.277 e. The van der Waals surface area contributed by atoms with Crippen LogP contribution < -0.4 is 15.4 Å². The molecule has 1 heterocycles. The van der Waals surface area contributed by atoms with E-state index in [0.717, 1.165) is 11.8 Å². The second-order valence-electron chi connectivity index (χ2n) is 7.36. The molecule has 1 unspecified atom stereocenters. The fourth-order valence-electron chi connectivity index (χ4n) is 3.06. The van der Waals surface area contributed by atoms with Crippen molar-refractivity contribution >= 4 is 35.0 Å². The first kappa shape index (κ1) is 24.0. The molecular formula is C25H21FN4O4S. The molecule has 8 nitrogen and oxygen atoms in total. The first-order valence-corrected chi connectivity index (χ1v) is 11.4. The molecule has 0 bridgehead atoms. The number of methoxy groups -OCH3 is 1. The SMILES string of the molecule is COc1ccccc1NC(=O)c1ccc(NC(=O)C(C)Sc2nnc(-c3ccc(F)cc3)o2)cc1. The molecule has 10 heteroatoms. The van der Waals surface area contributed by atoms with Crippen LogP contribution in [0.25, 0.3) is 11.5 Å². The minimum Gasteiger partial charge on any atom is -0.495 e. The van der Waals surface area contributed by atoms with Gasteiger partial charge in [-0.15, -0.1) is 10.2 Å². The number of nitrogens with one attached hydrogen (secondary N) is 2. The Morgan fingerprint density at radius 1 is 0.971 bits per heavy atom. The van der Waals surface area contributed by atoms with Crippen molar-refractivity contribution in [1.82, 2.24) is 10.2 Å². The molecule has 0 saturated carbocycles. The molecule has 1 aromatic heterocycles. The fraction of sp³-hybridized carbons (Fsp3) is 0.120. The molecule has 0 saturated heterocycles. The molecule has 0 fully saturated rings. The number of hydrogen-bond donors (Lipinski definition) is 2. The summed E-state index contributed by atoms with van der Waals surface area (Å²) >= 11 is 1.10. The first-order chi connectivity index (χ1) is 16.9. The molecule has 1 atom stereocenters. The number of amides is 2. The van der Waals surface area contributed by atoms with E-state index in [1.165, 1.54) is 31.4 Å². The number of halogens is 1. The van der Waals surface area contributed by atoms with Gasteiger partial charge in [-0.3, -0.25) is 9.59 Å². The summed E-state index contributed by atoms with van der Waals surface area (Å²) in [5.41, 5.74) is 2.11. The van der Waals surface area contributed by atoms with Gasteiger partial charge in [0.25, 0.3) is 11.1 Å². The predicted octanol–water partition coefficient (Wildman–Crippen LogP) is 5.26. The molecule has 3 aromatic carbocycles. The zero-order valence-corrected chi connectivity index (χ0v) is 19.6. The van der Waals surface area contributed by atoms with Crippen molar-refractivity contribution in [1.29, 1.82) is 0 Å². The highest BCUT2D eigenvalue weighted by Gasteiger charge is 2.19. The van der Waals surface area contributed by atoms with E-state index in [1.807, 2.05) is 6.07 Å². The van der Waals surface area contributed by atoms with Gasteiger partial charge in [-0.2, -0.15) is 0 Å². The molecule has 4 aromatic rings. The number of ether oxygens (including phenoxy) is 1. The van der Waals surface area contributed by atoms with Crippen molar-refractivity contribution in [3.05, 3.63) is 84.2 Å². The van der Waals surface area contributed by atoms with E-state index < -0.39 is 5.25 Å². The summed E-state index contributed by atoms with van der Waals surface area (Å²) < 4.78 is 23.9. The summed E-state index contributed by atoms with van der Waals surface area (Å²) in [5, 5.41) is 13.2. The third-order valence-electron chi connectivity index (χ3n) is 4.91. The standard InChI is InChI=1S/C25H21FN4O4S/c1-15(35-25-30-29-24(34-25)17-7-11-18(26)12-8-17)22(31)27-19-13-9-16(10-14-19)23(32)28-20-5-3-4-6-21(20)33-2/h3-15H,1-2H3,(H,27,31)(H,28,32). The summed E-state index contributed by atoms with van der Waals surface area (Å²) in [4.78, 5) is 25.2. The van der Waals surface area contributed by atoms with E-state index in [0.29, 0.717) is 28.3 Å². The average Bonchev–Trinajstić information content (AvgIpc) is 3.33. The number of hydrogen-bond acceptors (Lipinski definition) is 7. The molecule has 0 spiro atoms. The Labute approximate surface area is 204 Å². The van der Waals surface area contributed by atoms with Crippen molar-refractivity contribution in [3.63, 3.8) is 0 Å². The number of anilines is 2. The van der Waals surface area contributed by atoms with Gasteiger partial charge in [0.1, 0.15) is 11.6 Å². The van der Waals surface area contributed by atoms with E-state index in [-0.39, 0.29) is 28.7 Å². The Kier molecular flexibility index (Phi) is 7.41. The Morgan fingerprint density at radius 3 is 2.40 bits per heavy atom. The van der Waals surface area contributed by atoms with Gasteiger partial charge in [-0.05, 0) is 67.6 Å². The van der Waals surface area contributed by atoms with Gasteiger partial charge < -0.3 is 19.8 Å². The van der Waals surface area contributed by atoms with Crippen LogP contribution in [0.5, 0.6) is 5.75 Å². The average molecular weight is 493 g/mol. The lowest BCUT2D eigenvalue weighted by molar-refractivity contribution is -0.115. The first-order valence-electron chi connectivity index (χ1n) is 10.5. The van der Waals surface area contributed by atoms with Crippen LogP contribution in [-0.2, 0) is 4.79 Å². The summed E-state index contributed by atoms with van der Waals surface area (Å²) in [7, 11) is 1.53. The number of aromatic nitrogens is 2. The Bertz CT molecular complexity index is 1330. The smallest absolute Gasteiger partial charge is 0.277 e. The van der Waals surface area contributed by atoms with Crippen LogP contribution in [-0.4, -0.2) is 34.4 Å². The van der Waals surface area contributed by atoms with E-state index >= 15 is 0 Å². The van der Waals surface area contributed by atoms with Crippen LogP contribution in [0.15, 0.2) is 82.4 Å². The van der Waals surface area contributed by atoms with Crippen molar-refractivity contribution in [2.75, 3.05) is 17.7 Å². The third kappa shape index (κ3) is 6.04. The van der Waals surface area contributed by atoms with Crippen LogP contribution in [0.3, 0.4) is 0 Å². The normalized spacial score (nSPS) is 11.5. The molecule has 0 radical (unpaired) electrons. The number of rotatable bonds is 8. The number of carbonyl (C=O) groups excluding carboxylic acids is 2. The highest BCUT2D eigenvalue weighted by molar-refractivity contribution is 8.00. The zero-order valence-electron chi connectivity index (χ0n) is 18.8. The van der Waals surface area contributed by atoms with Crippen LogP contribution >= 0.6 is 11.8 Å². The topological polar surface area (TPSA) is 106 Å². The fourth-order valence-corrected chi connectivity index (χ4v) is 3.75. The second kappa shape index (κ2) is 10.8. The predicted molar refractivity (Wildman–Crippen MR) is 131 cm³/mol. The highest BCUT2D eigenvalue weighted by Crippen LogP contribution is 2.27. The van der Waals surface area contributed by atoms with Gasteiger partial charge in [-0.25, -0.2) is 4.39 Å². The summed E-state index contributed by atoms with van der Waals surface area (Å²) in [5.74, 6) is -0.144. The van der Waals surface area contributed by atoms with E-state index in [9.17, 15) is 14.0 Å². The number of nitrogens with zero attached hydrogens (tertiary/aromatic N) is 2. The minimum absolute atomic E-state index is 0.218. The molecule has 178 valence electrons. The van der Waals surface area contributed by atoms with Crippen molar-refractivity contribution in [2.45, 2.75) is 17.4 Å².